The minimum atomic E-state index is -4.86. The van der Waals surface area contributed by atoms with E-state index < -0.39 is 30.0 Å². The first-order chi connectivity index (χ1) is 16.2. The molecule has 5 rings (SSSR count). The molecule has 0 amide bonds. The number of rotatable bonds is 4. The number of hydrogen-bond acceptors (Lipinski definition) is 8. The van der Waals surface area contributed by atoms with Crippen LogP contribution in [0, 0.1) is 0 Å². The molecule has 0 saturated carbocycles. The van der Waals surface area contributed by atoms with Crippen LogP contribution in [0.15, 0.2) is 95.0 Å². The van der Waals surface area contributed by atoms with E-state index >= 15 is 0 Å². The largest absolute Gasteiger partial charge is 0.744 e. The Hall–Kier alpha value is -3.70. The Morgan fingerprint density at radius 1 is 0.529 bits per heavy atom. The summed E-state index contributed by atoms with van der Waals surface area (Å²) in [6.07, 6.45) is 1.96. The van der Waals surface area contributed by atoms with Crippen LogP contribution in [0.2, 0.25) is 0 Å². The van der Waals surface area contributed by atoms with E-state index in [9.17, 15) is 25.9 Å². The van der Waals surface area contributed by atoms with Crippen molar-refractivity contribution in [2.75, 3.05) is 0 Å². The van der Waals surface area contributed by atoms with Gasteiger partial charge in [0.2, 0.25) is 0 Å². The fourth-order valence-electron chi connectivity index (χ4n) is 4.07. The zero-order valence-corrected chi connectivity index (χ0v) is 18.9. The van der Waals surface area contributed by atoms with Crippen LogP contribution in [0.25, 0.3) is 44.1 Å². The monoisotopic (exact) mass is 490 g/mol. The van der Waals surface area contributed by atoms with E-state index in [0.29, 0.717) is 21.9 Å². The van der Waals surface area contributed by atoms with Gasteiger partial charge in [0.15, 0.2) is 0 Å². The van der Waals surface area contributed by atoms with E-state index in [-0.39, 0.29) is 22.2 Å². The molecular formula is C24H14N2O6S2-2. The number of pyridine rings is 2. The molecule has 0 unspecified atom stereocenters. The first kappa shape index (κ1) is 22.1. The fourth-order valence-corrected chi connectivity index (χ4v) is 5.39. The number of nitrogens with zero attached hydrogens (tertiary/aromatic N) is 2. The first-order valence-corrected chi connectivity index (χ1v) is 12.7. The zero-order chi connectivity index (χ0) is 24.1. The fraction of sp³-hybridized carbons (Fsp3) is 0. The highest BCUT2D eigenvalue weighted by Crippen LogP contribution is 2.40. The highest BCUT2D eigenvalue weighted by Gasteiger charge is 2.21. The van der Waals surface area contributed by atoms with Crippen molar-refractivity contribution in [3.63, 3.8) is 0 Å². The summed E-state index contributed by atoms with van der Waals surface area (Å²) >= 11 is 0. The predicted molar refractivity (Wildman–Crippen MR) is 124 cm³/mol. The molecule has 2 aromatic heterocycles. The van der Waals surface area contributed by atoms with Gasteiger partial charge in [0, 0.05) is 34.3 Å². The normalized spacial score (nSPS) is 12.3. The summed E-state index contributed by atoms with van der Waals surface area (Å²) in [6, 6.07) is 20.1. The van der Waals surface area contributed by atoms with E-state index in [4.69, 9.17) is 0 Å². The number of benzene rings is 3. The van der Waals surface area contributed by atoms with Crippen LogP contribution in [0.1, 0.15) is 0 Å². The molecule has 3 aromatic carbocycles. The summed E-state index contributed by atoms with van der Waals surface area (Å²) in [6.45, 7) is 0. The lowest BCUT2D eigenvalue weighted by Gasteiger charge is -2.18. The summed E-state index contributed by atoms with van der Waals surface area (Å²) in [5, 5.41) is 0.694. The van der Waals surface area contributed by atoms with Crippen molar-refractivity contribution in [1.82, 2.24) is 9.97 Å². The highest BCUT2D eigenvalue weighted by molar-refractivity contribution is 7.86. The second kappa shape index (κ2) is 7.96. The molecule has 0 fully saturated rings. The molecule has 5 aromatic rings. The summed E-state index contributed by atoms with van der Waals surface area (Å²) in [4.78, 5) is 7.48. The van der Waals surface area contributed by atoms with Crippen LogP contribution < -0.4 is 0 Å². The van der Waals surface area contributed by atoms with Crippen molar-refractivity contribution in [3.8, 4) is 22.3 Å². The Balaban J connectivity index is 1.96. The lowest BCUT2D eigenvalue weighted by Crippen LogP contribution is -2.05. The SMILES string of the molecule is O=S(=O)([O-])c1cnc2c(ccc3c(-c4ccccc4)c(S(=O)(=O)[O-])cnc32)c1-c1ccccc1. The van der Waals surface area contributed by atoms with Gasteiger partial charge in [-0.25, -0.2) is 16.8 Å². The van der Waals surface area contributed by atoms with Gasteiger partial charge in [0.1, 0.15) is 20.2 Å². The van der Waals surface area contributed by atoms with Crippen molar-refractivity contribution in [2.24, 2.45) is 0 Å². The Kier molecular flexibility index (Phi) is 5.18. The van der Waals surface area contributed by atoms with Crippen LogP contribution in [0.4, 0.5) is 0 Å². The molecule has 170 valence electrons. The average Bonchev–Trinajstić information content (AvgIpc) is 2.82. The zero-order valence-electron chi connectivity index (χ0n) is 17.2. The van der Waals surface area contributed by atoms with E-state index in [0.717, 1.165) is 12.4 Å². The summed E-state index contributed by atoms with van der Waals surface area (Å²) in [5.74, 6) is 0. The molecule has 0 aliphatic carbocycles. The smallest absolute Gasteiger partial charge is 0.126 e. The van der Waals surface area contributed by atoms with E-state index in [1.165, 1.54) is 0 Å². The molecule has 0 bridgehead atoms. The van der Waals surface area contributed by atoms with Crippen LogP contribution in [0.5, 0.6) is 0 Å². The van der Waals surface area contributed by atoms with Crippen molar-refractivity contribution < 1.29 is 25.9 Å². The maximum atomic E-state index is 12.0. The van der Waals surface area contributed by atoms with E-state index in [2.05, 4.69) is 9.97 Å². The van der Waals surface area contributed by atoms with Gasteiger partial charge in [0.25, 0.3) is 0 Å². The molecule has 0 spiro atoms. The number of fused-ring (bicyclic) bond motifs is 3. The van der Waals surface area contributed by atoms with Crippen LogP contribution in [0.3, 0.4) is 0 Å². The Bertz CT molecular complexity index is 1650. The second-order valence-electron chi connectivity index (χ2n) is 7.49. The molecule has 0 aliphatic rings. The molecule has 0 atom stereocenters. The van der Waals surface area contributed by atoms with Gasteiger partial charge in [-0.05, 0) is 11.1 Å². The van der Waals surface area contributed by atoms with Gasteiger partial charge >= 0.3 is 0 Å². The lowest BCUT2D eigenvalue weighted by molar-refractivity contribution is 0.461. The Morgan fingerprint density at radius 3 is 1.21 bits per heavy atom. The van der Waals surface area contributed by atoms with Gasteiger partial charge in [-0.3, -0.25) is 9.97 Å². The van der Waals surface area contributed by atoms with Gasteiger partial charge in [0.05, 0.1) is 20.8 Å². The van der Waals surface area contributed by atoms with Gasteiger partial charge in [-0.2, -0.15) is 0 Å². The third-order valence-electron chi connectivity index (χ3n) is 5.47. The Labute approximate surface area is 195 Å². The van der Waals surface area contributed by atoms with E-state index in [1.54, 1.807) is 72.8 Å². The molecular weight excluding hydrogens is 476 g/mol. The van der Waals surface area contributed by atoms with Crippen molar-refractivity contribution in [2.45, 2.75) is 9.79 Å². The first-order valence-electron chi connectivity index (χ1n) is 9.93. The molecule has 2 heterocycles. The average molecular weight is 491 g/mol. The van der Waals surface area contributed by atoms with Crippen molar-refractivity contribution in [3.05, 3.63) is 85.2 Å². The summed E-state index contributed by atoms with van der Waals surface area (Å²) in [7, 11) is -9.71. The standard InChI is InChI=1S/C24H16N2O6S2/c27-33(28,29)19-13-25-23-17(21(19)15-7-3-1-4-8-15)11-12-18-22(16-9-5-2-6-10-16)20(34(30,31)32)14-26-24(18)23/h1-14H,(H,27,28,29)(H,30,31,32)/p-2. The van der Waals surface area contributed by atoms with Crippen LogP contribution in [-0.4, -0.2) is 35.9 Å². The van der Waals surface area contributed by atoms with Gasteiger partial charge in [-0.15, -0.1) is 0 Å². The quantitative estimate of drug-likeness (QED) is 0.273. The minimum absolute atomic E-state index is 0.172. The molecule has 0 saturated heterocycles. The van der Waals surface area contributed by atoms with Gasteiger partial charge in [-0.1, -0.05) is 72.8 Å². The van der Waals surface area contributed by atoms with E-state index in [1.807, 2.05) is 0 Å². The Morgan fingerprint density at radius 2 is 0.882 bits per heavy atom. The summed E-state index contributed by atoms with van der Waals surface area (Å²) in [5.41, 5.74) is 1.85. The lowest BCUT2D eigenvalue weighted by atomic mass is 9.96. The van der Waals surface area contributed by atoms with Gasteiger partial charge < -0.3 is 9.11 Å². The predicted octanol–water partition coefficient (Wildman–Crippen LogP) is 3.93. The third-order valence-corrected chi connectivity index (χ3v) is 7.16. The molecule has 34 heavy (non-hydrogen) atoms. The molecule has 10 heteroatoms. The van der Waals surface area contributed by atoms with Crippen molar-refractivity contribution in [1.29, 1.82) is 0 Å². The second-order valence-corrected chi connectivity index (χ2v) is 10.2. The number of hydrogen-bond donors (Lipinski definition) is 0. The molecule has 0 aliphatic heterocycles. The van der Waals surface area contributed by atoms with Crippen molar-refractivity contribution >= 4 is 42.0 Å². The topological polar surface area (TPSA) is 140 Å². The summed E-state index contributed by atoms with van der Waals surface area (Å²) < 4.78 is 72.1. The third kappa shape index (κ3) is 3.72. The number of aromatic nitrogens is 2. The maximum Gasteiger partial charge on any atom is 0.126 e. The maximum absolute atomic E-state index is 12.0. The molecule has 8 nitrogen and oxygen atoms in total. The minimum Gasteiger partial charge on any atom is -0.744 e. The highest BCUT2D eigenvalue weighted by atomic mass is 32.2. The van der Waals surface area contributed by atoms with Crippen LogP contribution >= 0.6 is 0 Å². The van der Waals surface area contributed by atoms with Crippen LogP contribution in [-0.2, 0) is 20.2 Å². The molecule has 0 N–H and O–H groups in total. The molecule has 0 radical (unpaired) electrons.